The fourth-order valence-corrected chi connectivity index (χ4v) is 2.61. The molecule has 1 atom stereocenters. The molecule has 1 unspecified atom stereocenters. The summed E-state index contributed by atoms with van der Waals surface area (Å²) in [6, 6.07) is 5.37. The highest BCUT2D eigenvalue weighted by Gasteiger charge is 2.29. The minimum absolute atomic E-state index is 0.0651. The van der Waals surface area contributed by atoms with E-state index in [2.05, 4.69) is 4.98 Å². The lowest BCUT2D eigenvalue weighted by molar-refractivity contribution is -0.154. The molecule has 1 aromatic carbocycles. The normalized spacial score (nSPS) is 18.6. The third-order valence-electron chi connectivity index (χ3n) is 3.84. The molecule has 1 saturated heterocycles. The summed E-state index contributed by atoms with van der Waals surface area (Å²) in [5, 5.41) is 9.00. The summed E-state index contributed by atoms with van der Waals surface area (Å²) in [4.78, 5) is 29.3. The van der Waals surface area contributed by atoms with Gasteiger partial charge in [-0.05, 0) is 25.1 Å². The zero-order valence-corrected chi connectivity index (χ0v) is 12.2. The monoisotopic (exact) mass is 303 g/mol. The topological polar surface area (TPSA) is 84.7 Å². The summed E-state index contributed by atoms with van der Waals surface area (Å²) in [5.41, 5.74) is 2.25. The van der Waals surface area contributed by atoms with Gasteiger partial charge in [0.15, 0.2) is 6.10 Å². The first-order valence-corrected chi connectivity index (χ1v) is 7.18. The van der Waals surface area contributed by atoms with Crippen molar-refractivity contribution in [3.05, 3.63) is 30.1 Å². The van der Waals surface area contributed by atoms with Crippen LogP contribution in [0.15, 0.2) is 24.5 Å². The molecule has 0 radical (unpaired) electrons. The minimum atomic E-state index is -1.05. The summed E-state index contributed by atoms with van der Waals surface area (Å²) in [6.07, 6.45) is 0.787. The summed E-state index contributed by atoms with van der Waals surface area (Å²) >= 11 is 0. The molecule has 1 N–H and O–H groups in total. The average Bonchev–Trinajstić information content (AvgIpc) is 2.96. The van der Waals surface area contributed by atoms with Crippen LogP contribution in [0.1, 0.15) is 17.3 Å². The van der Waals surface area contributed by atoms with Crippen LogP contribution in [0.5, 0.6) is 0 Å². The Morgan fingerprint density at radius 3 is 3.00 bits per heavy atom. The van der Waals surface area contributed by atoms with Gasteiger partial charge in [-0.2, -0.15) is 0 Å². The number of aryl methyl sites for hydroxylation is 1. The van der Waals surface area contributed by atoms with Crippen molar-refractivity contribution in [1.82, 2.24) is 14.5 Å². The third kappa shape index (κ3) is 2.55. The molecule has 2 aromatic rings. The number of ether oxygens (including phenoxy) is 1. The number of hydrogen-bond acceptors (Lipinski definition) is 4. The molecule has 1 fully saturated rings. The predicted octanol–water partition coefficient (Wildman–Crippen LogP) is 0.982. The van der Waals surface area contributed by atoms with E-state index in [9.17, 15) is 9.59 Å². The molecule has 1 amide bonds. The summed E-state index contributed by atoms with van der Waals surface area (Å²) in [5.74, 6) is -1.24. The average molecular weight is 303 g/mol. The molecule has 0 saturated carbocycles. The first-order chi connectivity index (χ1) is 10.6. The second kappa shape index (κ2) is 5.76. The van der Waals surface area contributed by atoms with Gasteiger partial charge in [-0.3, -0.25) is 4.79 Å². The van der Waals surface area contributed by atoms with Gasteiger partial charge in [-0.1, -0.05) is 0 Å². The van der Waals surface area contributed by atoms with Crippen molar-refractivity contribution < 1.29 is 19.4 Å². The fourth-order valence-electron chi connectivity index (χ4n) is 2.61. The summed E-state index contributed by atoms with van der Waals surface area (Å²) < 4.78 is 7.13. The van der Waals surface area contributed by atoms with E-state index in [1.807, 2.05) is 17.6 Å². The van der Waals surface area contributed by atoms with Crippen LogP contribution in [-0.2, 0) is 16.1 Å². The Bertz CT molecular complexity index is 725. The van der Waals surface area contributed by atoms with Crippen molar-refractivity contribution in [2.45, 2.75) is 19.6 Å². The maximum atomic E-state index is 12.5. The largest absolute Gasteiger partial charge is 0.479 e. The Balaban J connectivity index is 1.84. The molecule has 1 aliphatic heterocycles. The number of imidazole rings is 1. The second-order valence-corrected chi connectivity index (χ2v) is 5.18. The highest BCUT2D eigenvalue weighted by molar-refractivity contribution is 5.97. The molecule has 7 nitrogen and oxygen atoms in total. The second-order valence-electron chi connectivity index (χ2n) is 5.18. The minimum Gasteiger partial charge on any atom is -0.479 e. The standard InChI is InChI=1S/C15H17N3O4/c1-2-17-9-16-11-7-10(3-4-12(11)17)14(19)18-5-6-22-13(8-18)15(20)21/h3-4,7,9,13H,2,5-6,8H2,1H3,(H,20,21). The Morgan fingerprint density at radius 2 is 2.27 bits per heavy atom. The van der Waals surface area contributed by atoms with E-state index >= 15 is 0 Å². The van der Waals surface area contributed by atoms with Crippen LogP contribution in [-0.4, -0.2) is 57.2 Å². The van der Waals surface area contributed by atoms with Crippen molar-refractivity contribution >= 4 is 22.9 Å². The number of amides is 1. The molecular formula is C15H17N3O4. The van der Waals surface area contributed by atoms with Crippen molar-refractivity contribution in [2.24, 2.45) is 0 Å². The van der Waals surface area contributed by atoms with Crippen LogP contribution in [0.2, 0.25) is 0 Å². The fraction of sp³-hybridized carbons (Fsp3) is 0.400. The van der Waals surface area contributed by atoms with Crippen molar-refractivity contribution in [2.75, 3.05) is 19.7 Å². The first-order valence-electron chi connectivity index (χ1n) is 7.18. The number of nitrogens with zero attached hydrogens (tertiary/aromatic N) is 3. The number of carboxylic acid groups (broad SMARTS) is 1. The molecule has 22 heavy (non-hydrogen) atoms. The molecule has 0 aliphatic carbocycles. The van der Waals surface area contributed by atoms with Gasteiger partial charge in [0.05, 0.1) is 30.5 Å². The van der Waals surface area contributed by atoms with E-state index < -0.39 is 12.1 Å². The van der Waals surface area contributed by atoms with E-state index in [-0.39, 0.29) is 19.1 Å². The van der Waals surface area contributed by atoms with Gasteiger partial charge in [-0.25, -0.2) is 9.78 Å². The molecule has 7 heteroatoms. The zero-order chi connectivity index (χ0) is 15.7. The molecule has 116 valence electrons. The number of fused-ring (bicyclic) bond motifs is 1. The molecule has 2 heterocycles. The Morgan fingerprint density at radius 1 is 1.45 bits per heavy atom. The smallest absolute Gasteiger partial charge is 0.334 e. The maximum Gasteiger partial charge on any atom is 0.334 e. The highest BCUT2D eigenvalue weighted by atomic mass is 16.5. The van der Waals surface area contributed by atoms with E-state index in [4.69, 9.17) is 9.84 Å². The number of benzene rings is 1. The number of aliphatic carboxylic acids is 1. The van der Waals surface area contributed by atoms with Gasteiger partial charge in [0.25, 0.3) is 5.91 Å². The Kier molecular flexibility index (Phi) is 3.81. The first kappa shape index (κ1) is 14.5. The number of carbonyl (C=O) groups is 2. The van der Waals surface area contributed by atoms with Crippen LogP contribution in [0, 0.1) is 0 Å². The lowest BCUT2D eigenvalue weighted by Crippen LogP contribution is -2.48. The number of aromatic nitrogens is 2. The van der Waals surface area contributed by atoms with Gasteiger partial charge < -0.3 is 19.3 Å². The molecule has 1 aromatic heterocycles. The quantitative estimate of drug-likeness (QED) is 0.913. The highest BCUT2D eigenvalue weighted by Crippen LogP contribution is 2.17. The number of hydrogen-bond donors (Lipinski definition) is 1. The number of carboxylic acids is 1. The van der Waals surface area contributed by atoms with Crippen LogP contribution in [0.3, 0.4) is 0 Å². The molecule has 1 aliphatic rings. The van der Waals surface area contributed by atoms with Gasteiger partial charge >= 0.3 is 5.97 Å². The van der Waals surface area contributed by atoms with Crippen LogP contribution in [0.25, 0.3) is 11.0 Å². The van der Waals surface area contributed by atoms with E-state index in [1.54, 1.807) is 18.5 Å². The van der Waals surface area contributed by atoms with Crippen molar-refractivity contribution in [3.63, 3.8) is 0 Å². The zero-order valence-electron chi connectivity index (χ0n) is 12.2. The SMILES string of the molecule is CCn1cnc2cc(C(=O)N3CCOC(C(=O)O)C3)ccc21. The molecule has 0 bridgehead atoms. The van der Waals surface area contributed by atoms with Crippen LogP contribution >= 0.6 is 0 Å². The van der Waals surface area contributed by atoms with Crippen LogP contribution < -0.4 is 0 Å². The summed E-state index contributed by atoms with van der Waals surface area (Å²) in [7, 11) is 0. The van der Waals surface area contributed by atoms with E-state index in [0.29, 0.717) is 12.1 Å². The third-order valence-corrected chi connectivity index (χ3v) is 3.84. The van der Waals surface area contributed by atoms with E-state index in [0.717, 1.165) is 17.6 Å². The number of morpholine rings is 1. The summed E-state index contributed by atoms with van der Waals surface area (Å²) in [6.45, 7) is 3.53. The number of rotatable bonds is 3. The Hall–Kier alpha value is -2.41. The van der Waals surface area contributed by atoms with Crippen molar-refractivity contribution in [3.8, 4) is 0 Å². The van der Waals surface area contributed by atoms with Gasteiger partial charge in [-0.15, -0.1) is 0 Å². The molecule has 0 spiro atoms. The Labute approximate surface area is 127 Å². The predicted molar refractivity (Wildman–Crippen MR) is 78.7 cm³/mol. The lowest BCUT2D eigenvalue weighted by atomic mass is 10.1. The maximum absolute atomic E-state index is 12.5. The molecule has 3 rings (SSSR count). The lowest BCUT2D eigenvalue weighted by Gasteiger charge is -2.30. The van der Waals surface area contributed by atoms with Gasteiger partial charge in [0, 0.05) is 18.7 Å². The van der Waals surface area contributed by atoms with Gasteiger partial charge in [0.1, 0.15) is 0 Å². The van der Waals surface area contributed by atoms with Gasteiger partial charge in [0.2, 0.25) is 0 Å². The number of carbonyl (C=O) groups excluding carboxylic acids is 1. The molecular weight excluding hydrogens is 286 g/mol. The van der Waals surface area contributed by atoms with Crippen molar-refractivity contribution in [1.29, 1.82) is 0 Å². The van der Waals surface area contributed by atoms with E-state index in [1.165, 1.54) is 4.90 Å². The van der Waals surface area contributed by atoms with Crippen LogP contribution in [0.4, 0.5) is 0 Å².